The van der Waals surface area contributed by atoms with Gasteiger partial charge < -0.3 is 14.2 Å². The summed E-state index contributed by atoms with van der Waals surface area (Å²) in [6.45, 7) is 6.71. The summed E-state index contributed by atoms with van der Waals surface area (Å²) in [6, 6.07) is 0. The summed E-state index contributed by atoms with van der Waals surface area (Å²) in [5.41, 5.74) is 0. The maximum Gasteiger partial charge on any atom is 0.306 e. The van der Waals surface area contributed by atoms with E-state index in [4.69, 9.17) is 14.2 Å². The Bertz CT molecular complexity index is 1200. The second-order valence-electron chi connectivity index (χ2n) is 24.2. The molecule has 0 rings (SSSR count). The van der Waals surface area contributed by atoms with E-state index < -0.39 is 6.10 Å². The van der Waals surface area contributed by atoms with Gasteiger partial charge in [-0.15, -0.1) is 0 Å². The standard InChI is InChI=1S/C71H136O6/c1-4-7-10-13-16-19-22-25-27-29-30-31-32-33-34-35-36-37-38-39-40-41-42-44-46-49-52-55-58-61-64-70(73)76-67-68(66-75-69(72)63-60-57-54-51-48-45-24-21-18-15-12-9-6-3)77-71(74)65-62-59-56-53-50-47-43-28-26-23-20-17-14-11-8-5-2/h28,43,68H,4-27,29-42,44-67H2,1-3H3/b43-28-. The van der Waals surface area contributed by atoms with Gasteiger partial charge >= 0.3 is 17.9 Å². The third-order valence-corrected chi connectivity index (χ3v) is 16.3. The first-order chi connectivity index (χ1) is 38.0. The van der Waals surface area contributed by atoms with Crippen LogP contribution in [0.2, 0.25) is 0 Å². The maximum absolute atomic E-state index is 12.9. The highest BCUT2D eigenvalue weighted by Gasteiger charge is 2.19. The van der Waals surface area contributed by atoms with Gasteiger partial charge in [0.05, 0.1) is 0 Å². The quantitative estimate of drug-likeness (QED) is 0.0261. The van der Waals surface area contributed by atoms with E-state index in [-0.39, 0.29) is 31.1 Å². The molecule has 0 fully saturated rings. The molecule has 0 heterocycles. The van der Waals surface area contributed by atoms with Crippen molar-refractivity contribution in [1.29, 1.82) is 0 Å². The number of rotatable bonds is 66. The first kappa shape index (κ1) is 75.2. The van der Waals surface area contributed by atoms with Gasteiger partial charge in [-0.25, -0.2) is 0 Å². The number of carbonyl (C=O) groups excluding carboxylic acids is 3. The Morgan fingerprint density at radius 1 is 0.247 bits per heavy atom. The van der Waals surface area contributed by atoms with Crippen LogP contribution in [0.1, 0.15) is 406 Å². The molecule has 1 atom stereocenters. The van der Waals surface area contributed by atoms with Crippen LogP contribution in [-0.4, -0.2) is 37.2 Å². The number of allylic oxidation sites excluding steroid dienone is 2. The average molecular weight is 1090 g/mol. The highest BCUT2D eigenvalue weighted by atomic mass is 16.6. The highest BCUT2D eigenvalue weighted by molar-refractivity contribution is 5.71. The molecule has 0 spiro atoms. The topological polar surface area (TPSA) is 78.9 Å². The zero-order valence-electron chi connectivity index (χ0n) is 52.5. The molecule has 0 saturated heterocycles. The van der Waals surface area contributed by atoms with Crippen molar-refractivity contribution in [3.63, 3.8) is 0 Å². The van der Waals surface area contributed by atoms with E-state index in [1.807, 2.05) is 0 Å². The van der Waals surface area contributed by atoms with Crippen molar-refractivity contribution in [1.82, 2.24) is 0 Å². The van der Waals surface area contributed by atoms with Gasteiger partial charge in [0, 0.05) is 19.3 Å². The Morgan fingerprint density at radius 2 is 0.429 bits per heavy atom. The molecule has 0 saturated carbocycles. The number of hydrogen-bond donors (Lipinski definition) is 0. The second kappa shape index (κ2) is 66.7. The Labute approximate surface area is 481 Å². The summed E-state index contributed by atoms with van der Waals surface area (Å²) >= 11 is 0. The average Bonchev–Trinajstić information content (AvgIpc) is 3.43. The van der Waals surface area contributed by atoms with E-state index in [1.165, 1.54) is 302 Å². The predicted octanol–water partition coefficient (Wildman–Crippen LogP) is 24.0. The molecule has 0 radical (unpaired) electrons. The molecule has 0 aromatic rings. The van der Waals surface area contributed by atoms with Gasteiger partial charge in [0.25, 0.3) is 0 Å². The molecule has 456 valence electrons. The molecule has 0 aromatic heterocycles. The Hall–Kier alpha value is -1.85. The van der Waals surface area contributed by atoms with Crippen molar-refractivity contribution in [2.24, 2.45) is 0 Å². The Balaban J connectivity index is 4.11. The lowest BCUT2D eigenvalue weighted by Gasteiger charge is -2.18. The van der Waals surface area contributed by atoms with E-state index in [0.29, 0.717) is 19.3 Å². The lowest BCUT2D eigenvalue weighted by molar-refractivity contribution is -0.167. The summed E-state index contributed by atoms with van der Waals surface area (Å²) in [6.07, 6.45) is 79.7. The van der Waals surface area contributed by atoms with Crippen LogP contribution >= 0.6 is 0 Å². The van der Waals surface area contributed by atoms with Crippen molar-refractivity contribution < 1.29 is 28.6 Å². The number of carbonyl (C=O) groups is 3. The molecule has 0 aliphatic rings. The van der Waals surface area contributed by atoms with Crippen LogP contribution in [0.15, 0.2) is 12.2 Å². The normalized spacial score (nSPS) is 12.0. The molecular weight excluding hydrogens is 949 g/mol. The van der Waals surface area contributed by atoms with Crippen LogP contribution in [0.25, 0.3) is 0 Å². The molecule has 1 unspecified atom stereocenters. The number of esters is 3. The maximum atomic E-state index is 12.9. The monoisotopic (exact) mass is 1090 g/mol. The van der Waals surface area contributed by atoms with E-state index >= 15 is 0 Å². The Kier molecular flexibility index (Phi) is 65.1. The summed E-state index contributed by atoms with van der Waals surface area (Å²) < 4.78 is 17.0. The van der Waals surface area contributed by atoms with Gasteiger partial charge in [0.1, 0.15) is 13.2 Å². The Morgan fingerprint density at radius 3 is 0.649 bits per heavy atom. The summed E-state index contributed by atoms with van der Waals surface area (Å²) in [7, 11) is 0. The fraction of sp³-hybridized carbons (Fsp3) is 0.930. The molecule has 0 bridgehead atoms. The zero-order valence-corrected chi connectivity index (χ0v) is 52.5. The SMILES string of the molecule is CCCCCCCCC/C=C\CCCCCCCC(=O)OC(COC(=O)CCCCCCCCCCCCCCC)COC(=O)CCCCCCCCCCCCCCCCCCCCCCCCCCCCCCCC. The van der Waals surface area contributed by atoms with Crippen LogP contribution in [0.3, 0.4) is 0 Å². The van der Waals surface area contributed by atoms with Crippen LogP contribution < -0.4 is 0 Å². The largest absolute Gasteiger partial charge is 0.462 e. The summed E-state index contributed by atoms with van der Waals surface area (Å²) in [5, 5.41) is 0. The van der Waals surface area contributed by atoms with Gasteiger partial charge in [-0.05, 0) is 44.9 Å². The number of ether oxygens (including phenoxy) is 3. The molecule has 77 heavy (non-hydrogen) atoms. The first-order valence-corrected chi connectivity index (χ1v) is 35.2. The van der Waals surface area contributed by atoms with E-state index in [9.17, 15) is 14.4 Å². The van der Waals surface area contributed by atoms with Crippen LogP contribution in [-0.2, 0) is 28.6 Å². The minimum absolute atomic E-state index is 0.0668. The number of unbranched alkanes of at least 4 members (excludes halogenated alkanes) is 53. The van der Waals surface area contributed by atoms with E-state index in [0.717, 1.165) is 64.2 Å². The fourth-order valence-corrected chi connectivity index (χ4v) is 11.0. The van der Waals surface area contributed by atoms with Crippen LogP contribution in [0.4, 0.5) is 0 Å². The van der Waals surface area contributed by atoms with Crippen molar-refractivity contribution in [2.75, 3.05) is 13.2 Å². The van der Waals surface area contributed by atoms with Crippen LogP contribution in [0, 0.1) is 0 Å². The van der Waals surface area contributed by atoms with Crippen molar-refractivity contribution in [2.45, 2.75) is 412 Å². The third kappa shape index (κ3) is 64.9. The minimum Gasteiger partial charge on any atom is -0.462 e. The van der Waals surface area contributed by atoms with Crippen molar-refractivity contribution in [3.05, 3.63) is 12.2 Å². The smallest absolute Gasteiger partial charge is 0.306 e. The zero-order chi connectivity index (χ0) is 55.7. The molecule has 0 aliphatic heterocycles. The molecule has 6 nitrogen and oxygen atoms in total. The number of hydrogen-bond acceptors (Lipinski definition) is 6. The minimum atomic E-state index is -0.770. The molecule has 0 aromatic carbocycles. The molecule has 0 amide bonds. The van der Waals surface area contributed by atoms with Gasteiger partial charge in [-0.1, -0.05) is 354 Å². The summed E-state index contributed by atoms with van der Waals surface area (Å²) in [4.78, 5) is 38.3. The van der Waals surface area contributed by atoms with Gasteiger partial charge in [-0.3, -0.25) is 14.4 Å². The predicted molar refractivity (Wildman–Crippen MR) is 335 cm³/mol. The fourth-order valence-electron chi connectivity index (χ4n) is 11.0. The molecule has 0 N–H and O–H groups in total. The summed E-state index contributed by atoms with van der Waals surface area (Å²) in [5.74, 6) is -0.843. The van der Waals surface area contributed by atoms with Gasteiger partial charge in [-0.2, -0.15) is 0 Å². The van der Waals surface area contributed by atoms with Crippen molar-refractivity contribution in [3.8, 4) is 0 Å². The molecule has 6 heteroatoms. The van der Waals surface area contributed by atoms with Crippen LogP contribution in [0.5, 0.6) is 0 Å². The first-order valence-electron chi connectivity index (χ1n) is 35.2. The van der Waals surface area contributed by atoms with Crippen molar-refractivity contribution >= 4 is 17.9 Å². The molecule has 0 aliphatic carbocycles. The molecular formula is C71H136O6. The lowest BCUT2D eigenvalue weighted by atomic mass is 10.0. The third-order valence-electron chi connectivity index (χ3n) is 16.3. The van der Waals surface area contributed by atoms with E-state index in [2.05, 4.69) is 32.9 Å². The lowest BCUT2D eigenvalue weighted by Crippen LogP contribution is -2.30. The van der Waals surface area contributed by atoms with Gasteiger partial charge in [0.15, 0.2) is 6.10 Å². The van der Waals surface area contributed by atoms with Gasteiger partial charge in [0.2, 0.25) is 0 Å². The van der Waals surface area contributed by atoms with E-state index in [1.54, 1.807) is 0 Å². The second-order valence-corrected chi connectivity index (χ2v) is 24.2. The highest BCUT2D eigenvalue weighted by Crippen LogP contribution is 2.19.